The lowest BCUT2D eigenvalue weighted by molar-refractivity contribution is -0.118. The number of aryl methyl sites for hydroxylation is 2. The van der Waals surface area contributed by atoms with E-state index in [1.54, 1.807) is 0 Å². The Bertz CT molecular complexity index is 1260. The van der Waals surface area contributed by atoms with Crippen molar-refractivity contribution in [2.45, 2.75) is 26.4 Å². The first kappa shape index (κ1) is 20.6. The van der Waals surface area contributed by atoms with E-state index in [4.69, 9.17) is 4.42 Å². The summed E-state index contributed by atoms with van der Waals surface area (Å²) in [6.07, 6.45) is 0. The van der Waals surface area contributed by atoms with Crippen molar-refractivity contribution in [2.75, 3.05) is 5.32 Å². The fourth-order valence-corrected chi connectivity index (χ4v) is 3.63. The quantitative estimate of drug-likeness (QED) is 0.443. The van der Waals surface area contributed by atoms with E-state index < -0.39 is 11.7 Å². The van der Waals surface area contributed by atoms with E-state index in [9.17, 15) is 9.59 Å². The molecule has 1 heterocycles. The van der Waals surface area contributed by atoms with Gasteiger partial charge in [0.15, 0.2) is 0 Å². The van der Waals surface area contributed by atoms with Crippen LogP contribution in [-0.2, 0) is 11.3 Å². The molecule has 1 unspecified atom stereocenters. The van der Waals surface area contributed by atoms with Crippen LogP contribution < -0.4 is 16.3 Å². The van der Waals surface area contributed by atoms with E-state index in [0.29, 0.717) is 12.1 Å². The zero-order valence-corrected chi connectivity index (χ0v) is 17.5. The number of carbonyl (C=O) groups excluding carboxylic acids is 1. The summed E-state index contributed by atoms with van der Waals surface area (Å²) in [5.41, 5.74) is 4.56. The number of hydrogen-bond acceptors (Lipinski definition) is 4. The highest BCUT2D eigenvalue weighted by Gasteiger charge is 2.21. The zero-order valence-electron chi connectivity index (χ0n) is 17.5. The lowest BCUT2D eigenvalue weighted by atomic mass is 10.0. The molecular formula is C26H24N2O3. The number of carbonyl (C=O) groups is 1. The highest BCUT2D eigenvalue weighted by atomic mass is 16.4. The van der Waals surface area contributed by atoms with Crippen LogP contribution in [0, 0.1) is 13.8 Å². The third-order valence-corrected chi connectivity index (χ3v) is 5.45. The molecule has 156 valence electrons. The molecule has 1 aromatic heterocycles. The van der Waals surface area contributed by atoms with Crippen LogP contribution in [0.1, 0.15) is 28.3 Å². The molecule has 0 saturated heterocycles. The van der Waals surface area contributed by atoms with Gasteiger partial charge >= 0.3 is 5.63 Å². The molecule has 0 bridgehead atoms. The summed E-state index contributed by atoms with van der Waals surface area (Å²) in [5.74, 6) is -0.170. The molecule has 0 fully saturated rings. The lowest BCUT2D eigenvalue weighted by Gasteiger charge is -2.19. The molecule has 0 aliphatic carbocycles. The Kier molecular flexibility index (Phi) is 5.96. The van der Waals surface area contributed by atoms with Crippen molar-refractivity contribution in [3.05, 3.63) is 112 Å². The predicted molar refractivity (Wildman–Crippen MR) is 123 cm³/mol. The molecule has 5 nitrogen and oxygen atoms in total. The van der Waals surface area contributed by atoms with Gasteiger partial charge < -0.3 is 9.73 Å². The van der Waals surface area contributed by atoms with E-state index in [1.807, 2.05) is 86.6 Å². The standard InChI is InChI=1S/C26H24N2O3/c1-17-13-14-22-20(15-23(29)31-25(22)18(17)2)16-27-24(19-9-5-3-6-10-19)26(30)28-21-11-7-4-8-12-21/h3-15,24,27H,16H2,1-2H3,(H,28,30). The number of hydrogen-bond donors (Lipinski definition) is 2. The first-order valence-corrected chi connectivity index (χ1v) is 10.2. The molecule has 0 radical (unpaired) electrons. The molecule has 1 atom stereocenters. The minimum Gasteiger partial charge on any atom is -0.422 e. The first-order chi connectivity index (χ1) is 15.0. The lowest BCUT2D eigenvalue weighted by Crippen LogP contribution is -2.33. The molecule has 1 amide bonds. The summed E-state index contributed by atoms with van der Waals surface area (Å²) in [6, 6.07) is 23.8. The summed E-state index contributed by atoms with van der Waals surface area (Å²) >= 11 is 0. The van der Waals surface area contributed by atoms with Crippen molar-refractivity contribution in [3.63, 3.8) is 0 Å². The number of anilines is 1. The number of amides is 1. The summed E-state index contributed by atoms with van der Waals surface area (Å²) < 4.78 is 5.47. The van der Waals surface area contributed by atoms with Crippen molar-refractivity contribution < 1.29 is 9.21 Å². The second-order valence-corrected chi connectivity index (χ2v) is 7.55. The third kappa shape index (κ3) is 4.57. The van der Waals surface area contributed by atoms with Gasteiger partial charge in [0.1, 0.15) is 11.6 Å². The Hall–Kier alpha value is -3.70. The molecular weight excluding hydrogens is 388 g/mol. The van der Waals surface area contributed by atoms with Gasteiger partial charge in [-0.1, -0.05) is 60.7 Å². The van der Waals surface area contributed by atoms with Crippen LogP contribution >= 0.6 is 0 Å². The van der Waals surface area contributed by atoms with E-state index in [2.05, 4.69) is 10.6 Å². The van der Waals surface area contributed by atoms with Gasteiger partial charge in [-0.15, -0.1) is 0 Å². The van der Waals surface area contributed by atoms with Crippen LogP contribution in [-0.4, -0.2) is 5.91 Å². The zero-order chi connectivity index (χ0) is 21.8. The minimum absolute atomic E-state index is 0.170. The second-order valence-electron chi connectivity index (χ2n) is 7.55. The average Bonchev–Trinajstić information content (AvgIpc) is 2.78. The Morgan fingerprint density at radius 1 is 0.935 bits per heavy atom. The Morgan fingerprint density at radius 3 is 2.32 bits per heavy atom. The van der Waals surface area contributed by atoms with Crippen molar-refractivity contribution >= 4 is 22.6 Å². The number of fused-ring (bicyclic) bond motifs is 1. The smallest absolute Gasteiger partial charge is 0.336 e. The van der Waals surface area contributed by atoms with Gasteiger partial charge in [0.05, 0.1) is 0 Å². The molecule has 0 spiro atoms. The molecule has 0 saturated carbocycles. The molecule has 5 heteroatoms. The average molecular weight is 412 g/mol. The molecule has 4 aromatic rings. The normalized spacial score (nSPS) is 11.9. The topological polar surface area (TPSA) is 71.3 Å². The van der Waals surface area contributed by atoms with Crippen LogP contribution in [0.4, 0.5) is 5.69 Å². The monoisotopic (exact) mass is 412 g/mol. The number of nitrogens with one attached hydrogen (secondary N) is 2. The Balaban J connectivity index is 1.65. The van der Waals surface area contributed by atoms with Crippen molar-refractivity contribution in [1.29, 1.82) is 0 Å². The van der Waals surface area contributed by atoms with E-state index in [1.165, 1.54) is 6.07 Å². The molecule has 2 N–H and O–H groups in total. The van der Waals surface area contributed by atoms with E-state index in [0.717, 1.165) is 33.3 Å². The van der Waals surface area contributed by atoms with E-state index in [-0.39, 0.29) is 5.91 Å². The van der Waals surface area contributed by atoms with Crippen LogP contribution in [0.2, 0.25) is 0 Å². The molecule has 3 aromatic carbocycles. The summed E-state index contributed by atoms with van der Waals surface area (Å²) in [7, 11) is 0. The van der Waals surface area contributed by atoms with Gasteiger partial charge in [-0.3, -0.25) is 10.1 Å². The van der Waals surface area contributed by atoms with Crippen LogP contribution in [0.15, 0.2) is 88.1 Å². The van der Waals surface area contributed by atoms with Crippen molar-refractivity contribution in [3.8, 4) is 0 Å². The molecule has 0 aliphatic heterocycles. The number of rotatable bonds is 6. The van der Waals surface area contributed by atoms with Crippen LogP contribution in [0.3, 0.4) is 0 Å². The summed E-state index contributed by atoms with van der Waals surface area (Å²) in [5, 5.41) is 7.16. The maximum Gasteiger partial charge on any atom is 0.336 e. The second kappa shape index (κ2) is 8.98. The largest absolute Gasteiger partial charge is 0.422 e. The Morgan fingerprint density at radius 2 is 1.61 bits per heavy atom. The summed E-state index contributed by atoms with van der Waals surface area (Å²) in [4.78, 5) is 25.3. The predicted octanol–water partition coefficient (Wildman–Crippen LogP) is 4.88. The van der Waals surface area contributed by atoms with Gasteiger partial charge in [-0.05, 0) is 48.2 Å². The fraction of sp³-hybridized carbons (Fsp3) is 0.154. The van der Waals surface area contributed by atoms with Crippen molar-refractivity contribution in [1.82, 2.24) is 5.32 Å². The maximum absolute atomic E-state index is 13.1. The van der Waals surface area contributed by atoms with Crippen LogP contribution in [0.25, 0.3) is 11.0 Å². The van der Waals surface area contributed by atoms with Crippen LogP contribution in [0.5, 0.6) is 0 Å². The van der Waals surface area contributed by atoms with Gasteiger partial charge in [0.2, 0.25) is 5.91 Å². The number of para-hydroxylation sites is 1. The molecule has 31 heavy (non-hydrogen) atoms. The molecule has 4 rings (SSSR count). The molecule has 0 aliphatic rings. The maximum atomic E-state index is 13.1. The third-order valence-electron chi connectivity index (χ3n) is 5.45. The number of benzene rings is 3. The fourth-order valence-electron chi connectivity index (χ4n) is 3.63. The van der Waals surface area contributed by atoms with Gasteiger partial charge in [0.25, 0.3) is 0 Å². The highest BCUT2D eigenvalue weighted by Crippen LogP contribution is 2.24. The van der Waals surface area contributed by atoms with Gasteiger partial charge in [0, 0.05) is 23.7 Å². The van der Waals surface area contributed by atoms with Gasteiger partial charge in [-0.25, -0.2) is 4.79 Å². The summed E-state index contributed by atoms with van der Waals surface area (Å²) in [6.45, 7) is 4.27. The van der Waals surface area contributed by atoms with Crippen molar-refractivity contribution in [2.24, 2.45) is 0 Å². The van der Waals surface area contributed by atoms with E-state index >= 15 is 0 Å². The Labute approximate surface area is 180 Å². The minimum atomic E-state index is -0.588. The first-order valence-electron chi connectivity index (χ1n) is 10.2. The van der Waals surface area contributed by atoms with Gasteiger partial charge in [-0.2, -0.15) is 0 Å². The SMILES string of the molecule is Cc1ccc2c(CNC(C(=O)Nc3ccccc3)c3ccccc3)cc(=O)oc2c1C. The highest BCUT2D eigenvalue weighted by molar-refractivity contribution is 5.95.